The second-order valence-electron chi connectivity index (χ2n) is 8.42. The zero-order valence-corrected chi connectivity index (χ0v) is 22.9. The van der Waals surface area contributed by atoms with Gasteiger partial charge < -0.3 is 14.2 Å². The zero-order chi connectivity index (χ0) is 26.2. The van der Waals surface area contributed by atoms with Gasteiger partial charge in [-0.1, -0.05) is 53.7 Å². The van der Waals surface area contributed by atoms with Crippen molar-refractivity contribution in [1.29, 1.82) is 0 Å². The SMILES string of the molecule is CCOC(=O)CCc1cc(C(=O)c2cccc(C(=O)OCC)c2)ccc1OCCCCCCCCBr. The molecule has 0 bridgehead atoms. The summed E-state index contributed by atoms with van der Waals surface area (Å²) in [6.07, 6.45) is 7.52. The van der Waals surface area contributed by atoms with Gasteiger partial charge in [0.25, 0.3) is 0 Å². The number of hydrogen-bond acceptors (Lipinski definition) is 6. The summed E-state index contributed by atoms with van der Waals surface area (Å²) in [5.41, 5.74) is 1.98. The third-order valence-electron chi connectivity index (χ3n) is 5.65. The summed E-state index contributed by atoms with van der Waals surface area (Å²) in [5, 5.41) is 1.06. The smallest absolute Gasteiger partial charge is 0.338 e. The Morgan fingerprint density at radius 2 is 1.44 bits per heavy atom. The molecule has 0 saturated carbocycles. The first-order valence-corrected chi connectivity index (χ1v) is 13.9. The number of carbonyl (C=O) groups is 3. The van der Waals surface area contributed by atoms with Gasteiger partial charge in [0.1, 0.15) is 5.75 Å². The minimum absolute atomic E-state index is 0.202. The van der Waals surface area contributed by atoms with Gasteiger partial charge in [-0.15, -0.1) is 0 Å². The molecular formula is C29H37BrO6. The molecule has 0 aliphatic carbocycles. The number of ketones is 1. The van der Waals surface area contributed by atoms with Crippen molar-refractivity contribution in [2.24, 2.45) is 0 Å². The number of carbonyl (C=O) groups excluding carboxylic acids is 3. The summed E-state index contributed by atoms with van der Waals surface area (Å²) < 4.78 is 16.2. The minimum atomic E-state index is -0.464. The average molecular weight is 562 g/mol. The summed E-state index contributed by atoms with van der Waals surface area (Å²) >= 11 is 3.46. The lowest BCUT2D eigenvalue weighted by Gasteiger charge is -2.13. The molecule has 36 heavy (non-hydrogen) atoms. The molecule has 196 valence electrons. The van der Waals surface area contributed by atoms with E-state index in [9.17, 15) is 14.4 Å². The standard InChI is InChI=1S/C29H37BrO6/c1-3-34-27(31)17-15-22-20-24(14-16-26(22)36-19-10-8-6-5-7-9-18-30)28(32)23-12-11-13-25(21-23)29(33)35-4-2/h11-14,16,20-21H,3-10,15,17-19H2,1-2H3. The maximum absolute atomic E-state index is 13.2. The number of benzene rings is 2. The second-order valence-corrected chi connectivity index (χ2v) is 9.21. The van der Waals surface area contributed by atoms with Crippen molar-refractivity contribution < 1.29 is 28.6 Å². The van der Waals surface area contributed by atoms with Crippen molar-refractivity contribution in [2.45, 2.75) is 65.2 Å². The summed E-state index contributed by atoms with van der Waals surface area (Å²) in [6.45, 7) is 4.68. The molecule has 0 aliphatic heterocycles. The van der Waals surface area contributed by atoms with E-state index in [2.05, 4.69) is 15.9 Å². The molecule has 0 atom stereocenters. The Morgan fingerprint density at radius 1 is 0.778 bits per heavy atom. The highest BCUT2D eigenvalue weighted by atomic mass is 79.9. The van der Waals surface area contributed by atoms with Crippen LogP contribution in [0.1, 0.15) is 90.6 Å². The number of ether oxygens (including phenoxy) is 3. The van der Waals surface area contributed by atoms with Crippen molar-refractivity contribution in [2.75, 3.05) is 25.2 Å². The molecule has 0 N–H and O–H groups in total. The minimum Gasteiger partial charge on any atom is -0.493 e. The molecule has 6 nitrogen and oxygen atoms in total. The molecule has 0 spiro atoms. The molecule has 2 aromatic rings. The van der Waals surface area contributed by atoms with Crippen LogP contribution in [0.15, 0.2) is 42.5 Å². The molecule has 0 amide bonds. The Morgan fingerprint density at radius 3 is 2.17 bits per heavy atom. The Labute approximate surface area is 222 Å². The lowest BCUT2D eigenvalue weighted by Crippen LogP contribution is -2.09. The highest BCUT2D eigenvalue weighted by Crippen LogP contribution is 2.25. The maximum Gasteiger partial charge on any atom is 0.338 e. The number of hydrogen-bond donors (Lipinski definition) is 0. The van der Waals surface area contributed by atoms with Gasteiger partial charge >= 0.3 is 11.9 Å². The quantitative estimate of drug-likeness (QED) is 0.0925. The molecule has 0 aliphatic rings. The van der Waals surface area contributed by atoms with Gasteiger partial charge in [0.05, 0.1) is 25.4 Å². The number of aryl methyl sites for hydroxylation is 1. The highest BCUT2D eigenvalue weighted by Gasteiger charge is 2.16. The fourth-order valence-electron chi connectivity index (χ4n) is 3.78. The van der Waals surface area contributed by atoms with Gasteiger partial charge in [-0.05, 0) is 69.0 Å². The van der Waals surface area contributed by atoms with Crippen LogP contribution in [0.2, 0.25) is 0 Å². The number of halogens is 1. The first-order valence-electron chi connectivity index (χ1n) is 12.8. The van der Waals surface area contributed by atoms with Crippen LogP contribution in [0.3, 0.4) is 0 Å². The highest BCUT2D eigenvalue weighted by molar-refractivity contribution is 9.09. The molecule has 0 saturated heterocycles. The van der Waals surface area contributed by atoms with Crippen LogP contribution in [0.4, 0.5) is 0 Å². The molecular weight excluding hydrogens is 524 g/mol. The van der Waals surface area contributed by atoms with Crippen LogP contribution in [-0.4, -0.2) is 42.9 Å². The Balaban J connectivity index is 2.11. The number of esters is 2. The van der Waals surface area contributed by atoms with Gasteiger partial charge in [0.15, 0.2) is 5.78 Å². The number of alkyl halides is 1. The van der Waals surface area contributed by atoms with Crippen molar-refractivity contribution in [3.05, 3.63) is 64.7 Å². The van der Waals surface area contributed by atoms with Gasteiger partial charge in [0, 0.05) is 22.9 Å². The van der Waals surface area contributed by atoms with E-state index < -0.39 is 5.97 Å². The van der Waals surface area contributed by atoms with Crippen LogP contribution in [0.25, 0.3) is 0 Å². The number of rotatable bonds is 17. The van der Waals surface area contributed by atoms with Gasteiger partial charge in [0.2, 0.25) is 0 Å². The Bertz CT molecular complexity index is 987. The molecule has 0 unspecified atom stereocenters. The van der Waals surface area contributed by atoms with Gasteiger partial charge in [-0.2, -0.15) is 0 Å². The van der Waals surface area contributed by atoms with Crippen molar-refractivity contribution in [3.8, 4) is 5.75 Å². The monoisotopic (exact) mass is 560 g/mol. The normalized spacial score (nSPS) is 10.6. The van der Waals surface area contributed by atoms with E-state index in [1.54, 1.807) is 56.3 Å². The lowest BCUT2D eigenvalue weighted by atomic mass is 9.98. The van der Waals surface area contributed by atoms with Gasteiger partial charge in [-0.25, -0.2) is 4.79 Å². The van der Waals surface area contributed by atoms with Crippen molar-refractivity contribution in [3.63, 3.8) is 0 Å². The largest absolute Gasteiger partial charge is 0.493 e. The zero-order valence-electron chi connectivity index (χ0n) is 21.4. The fourth-order valence-corrected chi connectivity index (χ4v) is 4.18. The average Bonchev–Trinajstić information content (AvgIpc) is 2.89. The Hall–Kier alpha value is -2.67. The van der Waals surface area contributed by atoms with E-state index in [0.717, 1.165) is 23.7 Å². The fraction of sp³-hybridized carbons (Fsp3) is 0.483. The Kier molecular flexibility index (Phi) is 13.9. The van der Waals surface area contributed by atoms with Crippen molar-refractivity contribution >= 4 is 33.7 Å². The first kappa shape index (κ1) is 29.6. The summed E-state index contributed by atoms with van der Waals surface area (Å²) in [4.78, 5) is 37.2. The molecule has 2 rings (SSSR count). The van der Waals surface area contributed by atoms with E-state index in [1.807, 2.05) is 0 Å². The molecule has 7 heteroatoms. The summed E-state index contributed by atoms with van der Waals surface area (Å²) in [5.74, 6) is -0.288. The molecule has 0 radical (unpaired) electrons. The topological polar surface area (TPSA) is 78.9 Å². The van der Waals surface area contributed by atoms with Crippen LogP contribution >= 0.6 is 15.9 Å². The van der Waals surface area contributed by atoms with Crippen LogP contribution in [-0.2, 0) is 20.7 Å². The van der Waals surface area contributed by atoms with Crippen molar-refractivity contribution in [1.82, 2.24) is 0 Å². The van der Waals surface area contributed by atoms with Crippen LogP contribution < -0.4 is 4.74 Å². The maximum atomic E-state index is 13.2. The van der Waals surface area contributed by atoms with Crippen LogP contribution in [0.5, 0.6) is 5.75 Å². The van der Waals surface area contributed by atoms with Crippen LogP contribution in [0, 0.1) is 0 Å². The summed E-state index contributed by atoms with van der Waals surface area (Å²) in [7, 11) is 0. The summed E-state index contributed by atoms with van der Waals surface area (Å²) in [6, 6.07) is 11.8. The third-order valence-corrected chi connectivity index (χ3v) is 6.21. The molecule has 0 heterocycles. The number of unbranched alkanes of at least 4 members (excludes halogenated alkanes) is 5. The van der Waals surface area contributed by atoms with E-state index in [1.165, 1.54) is 25.7 Å². The predicted molar refractivity (Wildman–Crippen MR) is 144 cm³/mol. The molecule has 0 fully saturated rings. The van der Waals surface area contributed by atoms with E-state index in [-0.39, 0.29) is 24.8 Å². The first-order chi connectivity index (χ1) is 17.5. The second kappa shape index (κ2) is 16.9. The van der Waals surface area contributed by atoms with E-state index in [0.29, 0.717) is 42.1 Å². The predicted octanol–water partition coefficient (Wildman–Crippen LogP) is 6.70. The molecule has 0 aromatic heterocycles. The lowest BCUT2D eigenvalue weighted by molar-refractivity contribution is -0.143. The van der Waals surface area contributed by atoms with Gasteiger partial charge in [-0.3, -0.25) is 9.59 Å². The third kappa shape index (κ3) is 10.1. The van der Waals surface area contributed by atoms with E-state index in [4.69, 9.17) is 14.2 Å². The van der Waals surface area contributed by atoms with E-state index >= 15 is 0 Å². The molecule has 2 aromatic carbocycles.